The van der Waals surface area contributed by atoms with Gasteiger partial charge in [-0.15, -0.1) is 0 Å². The maximum Gasteiger partial charge on any atom is 0.115 e. The second-order valence-electron chi connectivity index (χ2n) is 18.8. The third kappa shape index (κ3) is 4.67. The molecule has 1 unspecified atom stereocenters. The van der Waals surface area contributed by atoms with Crippen LogP contribution < -0.4 is 15.3 Å². The van der Waals surface area contributed by atoms with Crippen molar-refractivity contribution in [2.45, 2.75) is 37.8 Å². The second kappa shape index (κ2) is 12.9. The second-order valence-corrected chi connectivity index (χ2v) is 23.1. The van der Waals surface area contributed by atoms with E-state index in [0.717, 1.165) is 0 Å². The summed E-state index contributed by atoms with van der Waals surface area (Å²) in [5.41, 5.74) is 20.0. The summed E-state index contributed by atoms with van der Waals surface area (Å²) in [5.74, 6) is 0. The van der Waals surface area contributed by atoms with Crippen LogP contribution in [0.4, 0.5) is 17.1 Å². The van der Waals surface area contributed by atoms with E-state index in [1.54, 1.807) is 0 Å². The number of rotatable bonds is 4. The van der Waals surface area contributed by atoms with Crippen molar-refractivity contribution in [2.24, 2.45) is 0 Å². The van der Waals surface area contributed by atoms with E-state index >= 15 is 0 Å². The summed E-state index contributed by atoms with van der Waals surface area (Å²) in [6, 6.07) is 78.3. The van der Waals surface area contributed by atoms with Crippen molar-refractivity contribution in [1.29, 1.82) is 0 Å². The Labute approximate surface area is 370 Å². The zero-order chi connectivity index (χ0) is 42.2. The smallest absolute Gasteiger partial charge is 0.115 e. The van der Waals surface area contributed by atoms with E-state index in [9.17, 15) is 0 Å². The zero-order valence-corrected chi connectivity index (χ0v) is 37.0. The van der Waals surface area contributed by atoms with Gasteiger partial charge in [0.2, 0.25) is 0 Å². The summed E-state index contributed by atoms with van der Waals surface area (Å²) in [6.45, 7) is 9.98. The van der Waals surface area contributed by atoms with Crippen molar-refractivity contribution in [3.05, 3.63) is 240 Å². The Morgan fingerprint density at radius 3 is 1.90 bits per heavy atom. The molecule has 1 aromatic heterocycles. The molecule has 300 valence electrons. The Bertz CT molecular complexity index is 3540. The summed E-state index contributed by atoms with van der Waals surface area (Å²) in [7, 11) is -2.49. The fraction of sp³-hybridized carbons (Fsp3) is 0.100. The lowest BCUT2D eigenvalue weighted by molar-refractivity contribution is 0.660. The van der Waals surface area contributed by atoms with Crippen molar-refractivity contribution in [2.75, 3.05) is 4.90 Å². The van der Waals surface area contributed by atoms with E-state index < -0.39 is 13.5 Å². The van der Waals surface area contributed by atoms with E-state index in [-0.39, 0.29) is 5.41 Å². The first-order valence-corrected chi connectivity index (χ1v) is 25.4. The normalized spacial score (nSPS) is 16.9. The predicted molar refractivity (Wildman–Crippen MR) is 267 cm³/mol. The molecule has 3 heteroatoms. The van der Waals surface area contributed by atoms with E-state index in [4.69, 9.17) is 0 Å². The first kappa shape index (κ1) is 36.5. The van der Waals surface area contributed by atoms with Crippen molar-refractivity contribution in [3.63, 3.8) is 0 Å². The summed E-state index contributed by atoms with van der Waals surface area (Å²) in [5, 5.41) is 5.56. The summed E-state index contributed by atoms with van der Waals surface area (Å²) in [4.78, 5) is 2.63. The molecule has 0 fully saturated rings. The lowest BCUT2D eigenvalue weighted by Crippen LogP contribution is -2.64. The molecule has 0 bridgehead atoms. The predicted octanol–water partition coefficient (Wildman–Crippen LogP) is 14.1. The standard InChI is InChI=1S/C60H46N2Si/c1-59(2)46-26-11-8-23-42(46)43-37-36-40(38-51(43)59)61(52-31-14-9-22-41(52)39-20-6-5-7-21-39)55-34-19-30-50-58(55)63(3,4)56-35-17-13-28-48(56)60(50)47-27-12-16-33-54(47)62-53-32-15-10-24-44(53)45-25-18-29-49(60)57(45)62/h5-38H,1-4H3. The average molecular weight is 823 g/mol. The van der Waals surface area contributed by atoms with Crippen LogP contribution in [-0.2, 0) is 10.8 Å². The fourth-order valence-corrected chi connectivity index (χ4v) is 15.9. The summed E-state index contributed by atoms with van der Waals surface area (Å²) >= 11 is 0. The molecule has 1 aliphatic carbocycles. The molecule has 0 radical (unpaired) electrons. The van der Waals surface area contributed by atoms with E-state index in [1.807, 2.05) is 0 Å². The van der Waals surface area contributed by atoms with Gasteiger partial charge < -0.3 is 9.47 Å². The Kier molecular flexibility index (Phi) is 7.47. The molecule has 63 heavy (non-hydrogen) atoms. The lowest BCUT2D eigenvalue weighted by atomic mass is 9.62. The third-order valence-corrected chi connectivity index (χ3v) is 18.6. The van der Waals surface area contributed by atoms with Crippen molar-refractivity contribution in [3.8, 4) is 27.9 Å². The Morgan fingerprint density at radius 1 is 0.444 bits per heavy atom. The number of hydrogen-bond donors (Lipinski definition) is 0. The first-order valence-electron chi connectivity index (χ1n) is 22.4. The van der Waals surface area contributed by atoms with Gasteiger partial charge in [-0.05, 0) is 96.8 Å². The van der Waals surface area contributed by atoms with Gasteiger partial charge in [-0.1, -0.05) is 197 Å². The van der Waals surface area contributed by atoms with Gasteiger partial charge in [-0.2, -0.15) is 0 Å². The van der Waals surface area contributed by atoms with Crippen molar-refractivity contribution < 1.29 is 0 Å². The van der Waals surface area contributed by atoms with E-state index in [0.29, 0.717) is 0 Å². The molecule has 10 aromatic rings. The third-order valence-electron chi connectivity index (χ3n) is 15.0. The van der Waals surface area contributed by atoms with Crippen LogP contribution in [0.3, 0.4) is 0 Å². The van der Waals surface area contributed by atoms with Gasteiger partial charge in [-0.3, -0.25) is 0 Å². The minimum atomic E-state index is -2.49. The highest BCUT2D eigenvalue weighted by atomic mass is 28.3. The van der Waals surface area contributed by atoms with Crippen LogP contribution >= 0.6 is 0 Å². The molecular weight excluding hydrogens is 777 g/mol. The van der Waals surface area contributed by atoms with Crippen molar-refractivity contribution >= 4 is 57.3 Å². The number of para-hydroxylation sites is 4. The maximum atomic E-state index is 2.63. The highest BCUT2D eigenvalue weighted by Gasteiger charge is 2.54. The number of nitrogens with zero attached hydrogens (tertiary/aromatic N) is 2. The lowest BCUT2D eigenvalue weighted by Gasteiger charge is -2.50. The summed E-state index contributed by atoms with van der Waals surface area (Å²) < 4.78 is 2.55. The van der Waals surface area contributed by atoms with E-state index in [1.165, 1.54) is 111 Å². The van der Waals surface area contributed by atoms with Gasteiger partial charge >= 0.3 is 0 Å². The molecule has 1 atom stereocenters. The van der Waals surface area contributed by atoms with Gasteiger partial charge in [0.15, 0.2) is 0 Å². The van der Waals surface area contributed by atoms with Gasteiger partial charge in [0.05, 0.1) is 27.8 Å². The fourth-order valence-electron chi connectivity index (χ4n) is 12.4. The molecule has 2 nitrogen and oxygen atoms in total. The number of benzene rings is 9. The van der Waals surface area contributed by atoms with Gasteiger partial charge in [0, 0.05) is 33.1 Å². The molecule has 9 aromatic carbocycles. The van der Waals surface area contributed by atoms with Gasteiger partial charge in [-0.25, -0.2) is 0 Å². The molecule has 0 saturated heterocycles. The number of aromatic nitrogens is 1. The highest BCUT2D eigenvalue weighted by Crippen LogP contribution is 2.57. The van der Waals surface area contributed by atoms with Gasteiger partial charge in [0.25, 0.3) is 0 Å². The Morgan fingerprint density at radius 2 is 1.05 bits per heavy atom. The molecule has 2 aliphatic heterocycles. The monoisotopic (exact) mass is 822 g/mol. The highest BCUT2D eigenvalue weighted by molar-refractivity contribution is 7.02. The molecule has 0 amide bonds. The Balaban J connectivity index is 1.17. The minimum absolute atomic E-state index is 0.150. The SMILES string of the molecule is CC1(C)c2ccccc2-c2ccc(N(c3ccccc3-c3ccccc3)c3cccc4c3[Si](C)(C)c3ccccc3C43c4ccccc4-n4c5ccccc5c5cccc3c54)cc21. The molecular formula is C60H46N2Si. The van der Waals surface area contributed by atoms with Crippen LogP contribution in [-0.4, -0.2) is 12.6 Å². The average Bonchev–Trinajstić information content (AvgIpc) is 3.78. The quantitative estimate of drug-likeness (QED) is 0.161. The van der Waals surface area contributed by atoms with E-state index in [2.05, 4.69) is 243 Å². The molecule has 1 spiro atoms. The Hall–Kier alpha value is -7.20. The van der Waals surface area contributed by atoms with Crippen LogP contribution in [0.25, 0.3) is 49.7 Å². The zero-order valence-electron chi connectivity index (χ0n) is 36.0. The van der Waals surface area contributed by atoms with Crippen LogP contribution in [0, 0.1) is 0 Å². The topological polar surface area (TPSA) is 8.17 Å². The largest absolute Gasteiger partial charge is 0.310 e. The van der Waals surface area contributed by atoms with Crippen LogP contribution in [0.2, 0.25) is 13.1 Å². The molecule has 3 aliphatic rings. The molecule has 13 rings (SSSR count). The number of hydrogen-bond acceptors (Lipinski definition) is 1. The van der Waals surface area contributed by atoms with Crippen LogP contribution in [0.5, 0.6) is 0 Å². The van der Waals surface area contributed by atoms with Crippen molar-refractivity contribution in [1.82, 2.24) is 4.57 Å². The van der Waals surface area contributed by atoms with Gasteiger partial charge in [0.1, 0.15) is 8.07 Å². The maximum absolute atomic E-state index is 2.63. The molecule has 0 saturated carbocycles. The first-order chi connectivity index (χ1) is 30.8. The van der Waals surface area contributed by atoms with Crippen LogP contribution in [0.1, 0.15) is 47.2 Å². The number of fused-ring (bicyclic) bond motifs is 14. The molecule has 3 heterocycles. The minimum Gasteiger partial charge on any atom is -0.310 e. The summed E-state index contributed by atoms with van der Waals surface area (Å²) in [6.07, 6.45) is 0. The number of anilines is 3. The molecule has 0 N–H and O–H groups in total. The van der Waals surface area contributed by atoms with Crippen LogP contribution in [0.15, 0.2) is 206 Å².